The second-order valence-corrected chi connectivity index (χ2v) is 7.26. The van der Waals surface area contributed by atoms with Gasteiger partial charge in [0.1, 0.15) is 6.04 Å². The molecule has 1 atom stereocenters. The zero-order valence-electron chi connectivity index (χ0n) is 16.2. The number of hydrogen-bond donors (Lipinski definition) is 1. The number of hydrogen-bond acceptors (Lipinski definition) is 5. The van der Waals surface area contributed by atoms with Crippen LogP contribution in [0.4, 0.5) is 0 Å². The van der Waals surface area contributed by atoms with Crippen molar-refractivity contribution in [1.29, 1.82) is 0 Å². The van der Waals surface area contributed by atoms with Crippen LogP contribution in [0.5, 0.6) is 0 Å². The summed E-state index contributed by atoms with van der Waals surface area (Å²) in [7, 11) is 9.72. The van der Waals surface area contributed by atoms with E-state index in [-0.39, 0.29) is 17.9 Å². The van der Waals surface area contributed by atoms with Gasteiger partial charge in [-0.2, -0.15) is 0 Å². The normalized spacial score (nSPS) is 12.9. The van der Waals surface area contributed by atoms with E-state index in [4.69, 9.17) is 4.74 Å². The molecule has 24 heavy (non-hydrogen) atoms. The molecule has 0 aliphatic heterocycles. The van der Waals surface area contributed by atoms with Crippen LogP contribution >= 0.6 is 0 Å². The summed E-state index contributed by atoms with van der Waals surface area (Å²) in [5.41, 5.74) is 3.77. The summed E-state index contributed by atoms with van der Waals surface area (Å²) in [5, 5.41) is 3.35. The lowest BCUT2D eigenvalue weighted by atomic mass is 10.0. The van der Waals surface area contributed by atoms with Crippen LogP contribution in [-0.2, 0) is 29.2 Å². The van der Waals surface area contributed by atoms with E-state index in [1.165, 1.54) is 23.8 Å². The van der Waals surface area contributed by atoms with Gasteiger partial charge >= 0.3 is 5.97 Å². The van der Waals surface area contributed by atoms with Gasteiger partial charge in [-0.15, -0.1) is 0 Å². The topological polar surface area (TPSA) is 44.8 Å². The van der Waals surface area contributed by atoms with Crippen molar-refractivity contribution < 1.29 is 9.53 Å². The van der Waals surface area contributed by atoms with E-state index >= 15 is 0 Å². The van der Waals surface area contributed by atoms with Gasteiger partial charge in [0.05, 0.1) is 7.11 Å². The molecule has 5 nitrogen and oxygen atoms in total. The maximum Gasteiger partial charge on any atom is 0.323 e. The predicted molar refractivity (Wildman–Crippen MR) is 98.7 cm³/mol. The predicted octanol–water partition coefficient (Wildman–Crippen LogP) is 2.10. The highest BCUT2D eigenvalue weighted by molar-refractivity contribution is 5.75. The molecule has 0 saturated heterocycles. The largest absolute Gasteiger partial charge is 0.468 e. The smallest absolute Gasteiger partial charge is 0.323 e. The van der Waals surface area contributed by atoms with Crippen LogP contribution in [0, 0.1) is 5.92 Å². The molecule has 0 bridgehead atoms. The maximum absolute atomic E-state index is 11.9. The molecule has 1 rings (SSSR count). The molecule has 0 heterocycles. The molecule has 0 fully saturated rings. The van der Waals surface area contributed by atoms with Gasteiger partial charge in [0, 0.05) is 19.6 Å². The lowest BCUT2D eigenvalue weighted by molar-refractivity contribution is -0.144. The summed E-state index contributed by atoms with van der Waals surface area (Å²) in [6.07, 6.45) is 0. The minimum absolute atomic E-state index is 0.184. The number of carbonyl (C=O) groups excluding carboxylic acids is 1. The number of rotatable bonds is 9. The molecular formula is C19H33N3O2. The second-order valence-electron chi connectivity index (χ2n) is 7.26. The summed E-state index contributed by atoms with van der Waals surface area (Å²) < 4.78 is 4.90. The molecule has 0 saturated carbocycles. The minimum atomic E-state index is -0.287. The summed E-state index contributed by atoms with van der Waals surface area (Å²) in [4.78, 5) is 16.2. The molecule has 0 aromatic heterocycles. The first kappa shape index (κ1) is 20.6. The molecule has 1 aromatic carbocycles. The van der Waals surface area contributed by atoms with Crippen molar-refractivity contribution in [3.8, 4) is 0 Å². The van der Waals surface area contributed by atoms with Gasteiger partial charge < -0.3 is 19.9 Å². The Labute approximate surface area is 147 Å². The molecule has 0 unspecified atom stereocenters. The van der Waals surface area contributed by atoms with Crippen LogP contribution in [0.25, 0.3) is 0 Å². The molecule has 0 aliphatic rings. The summed E-state index contributed by atoms with van der Waals surface area (Å²) in [6, 6.07) is 6.38. The number of nitrogens with one attached hydrogen (secondary N) is 1. The third-order valence-corrected chi connectivity index (χ3v) is 3.76. The van der Waals surface area contributed by atoms with Crippen molar-refractivity contribution in [2.75, 3.05) is 35.3 Å². The summed E-state index contributed by atoms with van der Waals surface area (Å²) >= 11 is 0. The van der Waals surface area contributed by atoms with Gasteiger partial charge in [0.2, 0.25) is 0 Å². The van der Waals surface area contributed by atoms with Crippen molar-refractivity contribution in [3.05, 3.63) is 34.9 Å². The van der Waals surface area contributed by atoms with Gasteiger partial charge in [-0.3, -0.25) is 4.79 Å². The highest BCUT2D eigenvalue weighted by Gasteiger charge is 2.22. The number of nitrogens with zero attached hydrogens (tertiary/aromatic N) is 2. The fourth-order valence-corrected chi connectivity index (χ4v) is 2.80. The van der Waals surface area contributed by atoms with E-state index in [2.05, 4.69) is 61.5 Å². The molecular weight excluding hydrogens is 302 g/mol. The van der Waals surface area contributed by atoms with Crippen LogP contribution in [0.15, 0.2) is 18.2 Å². The fourth-order valence-electron chi connectivity index (χ4n) is 2.80. The standard InChI is InChI=1S/C19H33N3O2/c1-14(2)18(19(23)24-7)20-11-15-8-16(12-21(3)4)10-17(9-15)13-22(5)6/h8-10,14,18,20H,11-13H2,1-7H3/t18-/m0/s1. The second kappa shape index (κ2) is 9.77. The maximum atomic E-state index is 11.9. The number of carbonyl (C=O) groups is 1. The number of benzene rings is 1. The first-order chi connectivity index (χ1) is 11.2. The zero-order chi connectivity index (χ0) is 18.3. The van der Waals surface area contributed by atoms with Gasteiger partial charge in [-0.05, 0) is 50.8 Å². The Morgan fingerprint density at radius 2 is 1.46 bits per heavy atom. The van der Waals surface area contributed by atoms with E-state index < -0.39 is 0 Å². The quantitative estimate of drug-likeness (QED) is 0.700. The number of ether oxygens (including phenoxy) is 1. The SMILES string of the molecule is COC(=O)[C@@H](NCc1cc(CN(C)C)cc(CN(C)C)c1)C(C)C. The monoisotopic (exact) mass is 335 g/mol. The zero-order valence-corrected chi connectivity index (χ0v) is 16.2. The molecule has 1 N–H and O–H groups in total. The lowest BCUT2D eigenvalue weighted by Gasteiger charge is -2.21. The van der Waals surface area contributed by atoms with E-state index in [9.17, 15) is 4.79 Å². The number of methoxy groups -OCH3 is 1. The fraction of sp³-hybridized carbons (Fsp3) is 0.632. The van der Waals surface area contributed by atoms with Crippen molar-refractivity contribution >= 4 is 5.97 Å². The van der Waals surface area contributed by atoms with Gasteiger partial charge in [-0.1, -0.05) is 32.0 Å². The Hall–Kier alpha value is -1.43. The Morgan fingerprint density at radius 3 is 1.83 bits per heavy atom. The van der Waals surface area contributed by atoms with Crippen LogP contribution in [0.2, 0.25) is 0 Å². The Balaban J connectivity index is 2.93. The van der Waals surface area contributed by atoms with Crippen LogP contribution in [0.1, 0.15) is 30.5 Å². The Morgan fingerprint density at radius 1 is 1.00 bits per heavy atom. The van der Waals surface area contributed by atoms with Gasteiger partial charge in [0.15, 0.2) is 0 Å². The van der Waals surface area contributed by atoms with Crippen LogP contribution < -0.4 is 5.32 Å². The first-order valence-electron chi connectivity index (χ1n) is 8.45. The first-order valence-corrected chi connectivity index (χ1v) is 8.45. The third-order valence-electron chi connectivity index (χ3n) is 3.76. The average Bonchev–Trinajstić information content (AvgIpc) is 2.45. The molecule has 0 aliphatic carbocycles. The minimum Gasteiger partial charge on any atom is -0.468 e. The molecule has 5 heteroatoms. The van der Waals surface area contributed by atoms with Gasteiger partial charge in [0.25, 0.3) is 0 Å². The highest BCUT2D eigenvalue weighted by Crippen LogP contribution is 2.14. The lowest BCUT2D eigenvalue weighted by Crippen LogP contribution is -2.41. The molecule has 136 valence electrons. The van der Waals surface area contributed by atoms with E-state index in [1.54, 1.807) is 0 Å². The van der Waals surface area contributed by atoms with Crippen LogP contribution in [0.3, 0.4) is 0 Å². The van der Waals surface area contributed by atoms with Crippen molar-refractivity contribution in [2.24, 2.45) is 5.92 Å². The average molecular weight is 335 g/mol. The highest BCUT2D eigenvalue weighted by atomic mass is 16.5. The summed E-state index contributed by atoms with van der Waals surface area (Å²) in [5.74, 6) is -0.0217. The van der Waals surface area contributed by atoms with Crippen molar-refractivity contribution in [3.63, 3.8) is 0 Å². The van der Waals surface area contributed by atoms with Crippen LogP contribution in [-0.4, -0.2) is 57.1 Å². The third kappa shape index (κ3) is 6.99. The van der Waals surface area contributed by atoms with E-state index in [0.29, 0.717) is 6.54 Å². The molecule has 0 amide bonds. The molecule has 0 radical (unpaired) electrons. The molecule has 0 spiro atoms. The van der Waals surface area contributed by atoms with E-state index in [1.807, 2.05) is 13.8 Å². The Kier molecular flexibility index (Phi) is 8.39. The van der Waals surface area contributed by atoms with Crippen molar-refractivity contribution in [1.82, 2.24) is 15.1 Å². The van der Waals surface area contributed by atoms with E-state index in [0.717, 1.165) is 13.1 Å². The number of esters is 1. The van der Waals surface area contributed by atoms with Gasteiger partial charge in [-0.25, -0.2) is 0 Å². The van der Waals surface area contributed by atoms with Crippen molar-refractivity contribution in [2.45, 2.75) is 39.5 Å². The summed E-state index contributed by atoms with van der Waals surface area (Å²) in [6.45, 7) is 6.50. The molecule has 1 aromatic rings. The Bertz CT molecular complexity index is 499.